The molecule has 2 aromatic rings. The number of nitrogens with zero attached hydrogens (tertiary/aromatic N) is 3. The van der Waals surface area contributed by atoms with Crippen LogP contribution in [0, 0.1) is 0 Å². The van der Waals surface area contributed by atoms with Crippen molar-refractivity contribution in [3.63, 3.8) is 0 Å². The van der Waals surface area contributed by atoms with Crippen molar-refractivity contribution < 1.29 is 9.63 Å². The van der Waals surface area contributed by atoms with Crippen LogP contribution in [0.2, 0.25) is 0 Å². The van der Waals surface area contributed by atoms with Crippen LogP contribution in [0.15, 0.2) is 28.9 Å². The number of β-amino-alcohol motifs (C(OH)–C–C–N with tert-alkyl or cyclic N) is 1. The first-order valence-corrected chi connectivity index (χ1v) is 6.42. The minimum atomic E-state index is -1.03. The van der Waals surface area contributed by atoms with Crippen molar-refractivity contribution in [2.24, 2.45) is 0 Å². The Morgan fingerprint density at radius 1 is 1.42 bits per heavy atom. The first-order valence-electron chi connectivity index (χ1n) is 6.42. The number of piperidine rings is 1. The molecule has 0 bridgehead atoms. The number of hydrogen-bond donors (Lipinski definition) is 2. The van der Waals surface area contributed by atoms with Gasteiger partial charge in [-0.2, -0.15) is 4.98 Å². The first-order chi connectivity index (χ1) is 9.26. The van der Waals surface area contributed by atoms with E-state index in [-0.39, 0.29) is 0 Å². The van der Waals surface area contributed by atoms with Gasteiger partial charge in [0.1, 0.15) is 0 Å². The molecule has 100 valence electrons. The van der Waals surface area contributed by atoms with Crippen molar-refractivity contribution in [2.45, 2.75) is 24.9 Å². The molecule has 0 spiro atoms. The highest BCUT2D eigenvalue weighted by Gasteiger charge is 2.36. The van der Waals surface area contributed by atoms with Gasteiger partial charge >= 0.3 is 0 Å². The predicted octanol–water partition coefficient (Wildman–Crippen LogP) is 0.626. The van der Waals surface area contributed by atoms with Crippen molar-refractivity contribution in [1.82, 2.24) is 20.4 Å². The summed E-state index contributed by atoms with van der Waals surface area (Å²) in [5.41, 5.74) is -0.156. The van der Waals surface area contributed by atoms with Crippen LogP contribution >= 0.6 is 0 Å². The number of pyridine rings is 1. The molecule has 6 nitrogen and oxygen atoms in total. The average molecular weight is 260 g/mol. The molecular weight excluding hydrogens is 244 g/mol. The zero-order valence-corrected chi connectivity index (χ0v) is 10.5. The Balaban J connectivity index is 1.76. The van der Waals surface area contributed by atoms with Crippen LogP contribution in [0.5, 0.6) is 0 Å². The van der Waals surface area contributed by atoms with Crippen molar-refractivity contribution in [2.75, 3.05) is 13.1 Å². The highest BCUT2D eigenvalue weighted by Crippen LogP contribution is 2.26. The Morgan fingerprint density at radius 3 is 3.11 bits per heavy atom. The summed E-state index contributed by atoms with van der Waals surface area (Å²) >= 11 is 0. The van der Waals surface area contributed by atoms with E-state index in [4.69, 9.17) is 4.52 Å². The third-order valence-electron chi connectivity index (χ3n) is 3.29. The van der Waals surface area contributed by atoms with Crippen LogP contribution in [0.1, 0.15) is 30.3 Å². The van der Waals surface area contributed by atoms with Crippen LogP contribution in [-0.4, -0.2) is 33.3 Å². The smallest absolute Gasteiger partial charge is 0.259 e. The zero-order chi connectivity index (χ0) is 13.1. The molecule has 1 aliphatic heterocycles. The van der Waals surface area contributed by atoms with Gasteiger partial charge in [0.15, 0.2) is 11.4 Å². The van der Waals surface area contributed by atoms with Crippen LogP contribution in [-0.2, 0) is 12.0 Å². The summed E-state index contributed by atoms with van der Waals surface area (Å²) in [5, 5.41) is 17.5. The maximum atomic E-state index is 10.4. The van der Waals surface area contributed by atoms with E-state index in [1.807, 2.05) is 18.2 Å². The van der Waals surface area contributed by atoms with Crippen molar-refractivity contribution in [3.8, 4) is 0 Å². The lowest BCUT2D eigenvalue weighted by molar-refractivity contribution is -0.0167. The third kappa shape index (κ3) is 2.64. The van der Waals surface area contributed by atoms with Crippen LogP contribution < -0.4 is 5.32 Å². The molecule has 1 saturated heterocycles. The molecule has 0 aliphatic carbocycles. The van der Waals surface area contributed by atoms with E-state index in [9.17, 15) is 5.11 Å². The largest absolute Gasteiger partial charge is 0.379 e. The van der Waals surface area contributed by atoms with Gasteiger partial charge < -0.3 is 14.9 Å². The highest BCUT2D eigenvalue weighted by molar-refractivity contribution is 5.10. The number of rotatable bonds is 3. The van der Waals surface area contributed by atoms with Crippen LogP contribution in [0.4, 0.5) is 0 Å². The molecule has 3 rings (SSSR count). The molecule has 0 radical (unpaired) electrons. The van der Waals surface area contributed by atoms with Crippen molar-refractivity contribution in [1.29, 1.82) is 0 Å². The molecule has 0 amide bonds. The van der Waals surface area contributed by atoms with E-state index in [1.54, 1.807) is 6.20 Å². The Bertz CT molecular complexity index is 535. The molecule has 6 heteroatoms. The van der Waals surface area contributed by atoms with Gasteiger partial charge in [0.25, 0.3) is 5.89 Å². The standard InChI is InChI=1S/C13H16N4O2/c18-13(5-3-6-14-9-13)12-16-11(17-19-12)8-10-4-1-2-7-15-10/h1-2,4,7,14,18H,3,5-6,8-9H2. The molecule has 2 aromatic heterocycles. The minimum Gasteiger partial charge on any atom is -0.379 e. The fraction of sp³-hybridized carbons (Fsp3) is 0.462. The monoisotopic (exact) mass is 260 g/mol. The SMILES string of the molecule is OC1(c2nc(Cc3ccccn3)no2)CCCNC1. The molecule has 0 saturated carbocycles. The van der Waals surface area contributed by atoms with Gasteiger partial charge in [-0.3, -0.25) is 4.98 Å². The molecule has 3 heterocycles. The topological polar surface area (TPSA) is 84.1 Å². The van der Waals surface area contributed by atoms with Gasteiger partial charge in [-0.05, 0) is 31.5 Å². The van der Waals surface area contributed by atoms with Gasteiger partial charge in [-0.1, -0.05) is 11.2 Å². The van der Waals surface area contributed by atoms with Gasteiger partial charge in [0.05, 0.1) is 6.42 Å². The zero-order valence-electron chi connectivity index (χ0n) is 10.5. The summed E-state index contributed by atoms with van der Waals surface area (Å²) in [6.07, 6.45) is 3.78. The summed E-state index contributed by atoms with van der Waals surface area (Å²) in [4.78, 5) is 8.51. The van der Waals surface area contributed by atoms with E-state index in [0.717, 1.165) is 18.7 Å². The second kappa shape index (κ2) is 5.07. The summed E-state index contributed by atoms with van der Waals surface area (Å²) in [7, 11) is 0. The number of aliphatic hydroxyl groups is 1. The molecule has 0 aromatic carbocycles. The van der Waals surface area contributed by atoms with Gasteiger partial charge in [0.2, 0.25) is 0 Å². The highest BCUT2D eigenvalue weighted by atomic mass is 16.5. The third-order valence-corrected chi connectivity index (χ3v) is 3.29. The summed E-state index contributed by atoms with van der Waals surface area (Å²) in [6, 6.07) is 5.69. The fourth-order valence-corrected chi connectivity index (χ4v) is 2.25. The second-order valence-electron chi connectivity index (χ2n) is 4.83. The Labute approximate surface area is 110 Å². The summed E-state index contributed by atoms with van der Waals surface area (Å²) in [6.45, 7) is 1.37. The predicted molar refractivity (Wildman–Crippen MR) is 67.3 cm³/mol. The molecule has 1 fully saturated rings. The minimum absolute atomic E-state index is 0.297. The number of hydrogen-bond acceptors (Lipinski definition) is 6. The molecule has 2 N–H and O–H groups in total. The summed E-state index contributed by atoms with van der Waals surface area (Å²) < 4.78 is 5.20. The molecule has 1 aliphatic rings. The first kappa shape index (κ1) is 12.3. The normalized spacial score (nSPS) is 23.4. The molecule has 1 unspecified atom stereocenters. The second-order valence-corrected chi connectivity index (χ2v) is 4.83. The lowest BCUT2D eigenvalue weighted by atomic mass is 9.94. The average Bonchev–Trinajstić information content (AvgIpc) is 2.90. The van der Waals surface area contributed by atoms with Crippen molar-refractivity contribution in [3.05, 3.63) is 41.8 Å². The van der Waals surface area contributed by atoms with E-state index >= 15 is 0 Å². The number of aromatic nitrogens is 3. The van der Waals surface area contributed by atoms with E-state index < -0.39 is 5.60 Å². The Kier molecular flexibility index (Phi) is 3.27. The van der Waals surface area contributed by atoms with Crippen LogP contribution in [0.3, 0.4) is 0 Å². The molecule has 1 atom stereocenters. The fourth-order valence-electron chi connectivity index (χ4n) is 2.25. The lowest BCUT2D eigenvalue weighted by Gasteiger charge is -2.28. The number of nitrogens with one attached hydrogen (secondary N) is 1. The van der Waals surface area contributed by atoms with E-state index in [0.29, 0.717) is 31.1 Å². The maximum Gasteiger partial charge on any atom is 0.259 e. The van der Waals surface area contributed by atoms with Gasteiger partial charge in [0, 0.05) is 18.4 Å². The maximum absolute atomic E-state index is 10.4. The molecular formula is C13H16N4O2. The Hall–Kier alpha value is -1.79. The Morgan fingerprint density at radius 2 is 2.37 bits per heavy atom. The van der Waals surface area contributed by atoms with Gasteiger partial charge in [-0.15, -0.1) is 0 Å². The van der Waals surface area contributed by atoms with Crippen molar-refractivity contribution >= 4 is 0 Å². The van der Waals surface area contributed by atoms with E-state index in [2.05, 4.69) is 20.4 Å². The quantitative estimate of drug-likeness (QED) is 0.842. The summed E-state index contributed by atoms with van der Waals surface area (Å²) in [5.74, 6) is 0.846. The lowest BCUT2D eigenvalue weighted by Crippen LogP contribution is -2.43. The molecule has 19 heavy (non-hydrogen) atoms. The van der Waals surface area contributed by atoms with Gasteiger partial charge in [-0.25, -0.2) is 0 Å². The van der Waals surface area contributed by atoms with Crippen LogP contribution in [0.25, 0.3) is 0 Å². The van der Waals surface area contributed by atoms with E-state index in [1.165, 1.54) is 0 Å².